The molecular weight excluding hydrogens is 276 g/mol. The van der Waals surface area contributed by atoms with Gasteiger partial charge in [-0.2, -0.15) is 18.9 Å². The lowest BCUT2D eigenvalue weighted by molar-refractivity contribution is 0.486. The normalized spacial score (nSPS) is 10.3. The molecule has 0 bridgehead atoms. The molecule has 6 heteroatoms. The van der Waals surface area contributed by atoms with Crippen molar-refractivity contribution < 1.29 is 12.6 Å². The third-order valence-electron chi connectivity index (χ3n) is 2.45. The summed E-state index contributed by atoms with van der Waals surface area (Å²) in [7, 11) is -4.11. The Morgan fingerprint density at radius 3 is 2.40 bits per heavy atom. The van der Waals surface area contributed by atoms with E-state index >= 15 is 0 Å². The first kappa shape index (κ1) is 13.6. The Labute approximate surface area is 116 Å². The van der Waals surface area contributed by atoms with Crippen LogP contribution in [0, 0.1) is 22.7 Å². The molecule has 5 nitrogen and oxygen atoms in total. The highest BCUT2D eigenvalue weighted by Gasteiger charge is 2.20. The first-order chi connectivity index (χ1) is 9.56. The molecule has 0 aliphatic rings. The van der Waals surface area contributed by atoms with Crippen molar-refractivity contribution in [2.45, 2.75) is 4.90 Å². The van der Waals surface area contributed by atoms with Crippen molar-refractivity contribution in [3.05, 3.63) is 59.7 Å². The zero-order chi connectivity index (χ0) is 14.6. The van der Waals surface area contributed by atoms with Crippen LogP contribution in [-0.2, 0) is 10.1 Å². The van der Waals surface area contributed by atoms with Gasteiger partial charge in [-0.3, -0.25) is 0 Å². The molecule has 98 valence electrons. The van der Waals surface area contributed by atoms with E-state index in [0.717, 1.165) is 0 Å². The molecule has 2 aromatic rings. The van der Waals surface area contributed by atoms with Gasteiger partial charge in [-0.15, -0.1) is 0 Å². The molecule has 0 fully saturated rings. The summed E-state index contributed by atoms with van der Waals surface area (Å²) in [5.74, 6) is 0.0248. The van der Waals surface area contributed by atoms with Gasteiger partial charge in [0.25, 0.3) is 0 Å². The fraction of sp³-hybridized carbons (Fsp3) is 0. The quantitative estimate of drug-likeness (QED) is 0.806. The maximum atomic E-state index is 12.1. The Morgan fingerprint density at radius 1 is 0.950 bits per heavy atom. The third kappa shape index (κ3) is 2.77. The van der Waals surface area contributed by atoms with Crippen molar-refractivity contribution in [1.29, 1.82) is 10.5 Å². The van der Waals surface area contributed by atoms with Gasteiger partial charge in [-0.1, -0.05) is 18.2 Å². The molecule has 20 heavy (non-hydrogen) atoms. The SMILES string of the molecule is N#Cc1cccc(OS(=O)(=O)c2ccccc2C#N)c1. The van der Waals surface area contributed by atoms with Gasteiger partial charge in [-0.25, -0.2) is 0 Å². The van der Waals surface area contributed by atoms with Crippen molar-refractivity contribution in [2.24, 2.45) is 0 Å². The Morgan fingerprint density at radius 2 is 1.70 bits per heavy atom. The van der Waals surface area contributed by atoms with Crippen molar-refractivity contribution in [2.75, 3.05) is 0 Å². The van der Waals surface area contributed by atoms with Gasteiger partial charge in [0.05, 0.1) is 17.2 Å². The molecule has 0 aliphatic carbocycles. The van der Waals surface area contributed by atoms with E-state index in [1.165, 1.54) is 42.5 Å². The van der Waals surface area contributed by atoms with Gasteiger partial charge >= 0.3 is 10.1 Å². The zero-order valence-electron chi connectivity index (χ0n) is 10.1. The third-order valence-corrected chi connectivity index (χ3v) is 3.75. The van der Waals surface area contributed by atoms with E-state index in [-0.39, 0.29) is 21.8 Å². The molecule has 0 heterocycles. The molecule has 0 amide bonds. The summed E-state index contributed by atoms with van der Waals surface area (Å²) in [5, 5.41) is 17.7. The molecule has 0 N–H and O–H groups in total. The highest BCUT2D eigenvalue weighted by molar-refractivity contribution is 7.87. The summed E-state index contributed by atoms with van der Waals surface area (Å²) in [6, 6.07) is 15.2. The van der Waals surface area contributed by atoms with E-state index in [4.69, 9.17) is 14.7 Å². The van der Waals surface area contributed by atoms with Crippen LogP contribution in [0.2, 0.25) is 0 Å². The van der Waals surface area contributed by atoms with Crippen LogP contribution in [0.4, 0.5) is 0 Å². The minimum Gasteiger partial charge on any atom is -0.379 e. The van der Waals surface area contributed by atoms with E-state index in [0.29, 0.717) is 0 Å². The second-order valence-electron chi connectivity index (χ2n) is 3.79. The fourth-order valence-electron chi connectivity index (χ4n) is 1.57. The summed E-state index contributed by atoms with van der Waals surface area (Å²) < 4.78 is 29.2. The minimum absolute atomic E-state index is 0.00365. The topological polar surface area (TPSA) is 90.9 Å². The van der Waals surface area contributed by atoms with Gasteiger partial charge in [-0.05, 0) is 30.3 Å². The molecule has 2 rings (SSSR count). The van der Waals surface area contributed by atoms with E-state index in [1.807, 2.05) is 6.07 Å². The molecule has 0 aromatic heterocycles. The first-order valence-corrected chi connectivity index (χ1v) is 6.91. The van der Waals surface area contributed by atoms with E-state index < -0.39 is 10.1 Å². The predicted octanol–water partition coefficient (Wildman–Crippen LogP) is 2.20. The summed E-state index contributed by atoms with van der Waals surface area (Å²) in [6.07, 6.45) is 0. The highest BCUT2D eigenvalue weighted by Crippen LogP contribution is 2.21. The molecule has 0 aliphatic heterocycles. The molecule has 2 aromatic carbocycles. The Hall–Kier alpha value is -2.83. The summed E-state index contributed by atoms with van der Waals surface area (Å²) in [5.41, 5.74) is 0.287. The summed E-state index contributed by atoms with van der Waals surface area (Å²) in [4.78, 5) is -0.204. The second kappa shape index (κ2) is 5.43. The monoisotopic (exact) mass is 284 g/mol. The zero-order valence-corrected chi connectivity index (χ0v) is 11.0. The maximum absolute atomic E-state index is 12.1. The van der Waals surface area contributed by atoms with E-state index in [1.54, 1.807) is 12.1 Å². The predicted molar refractivity (Wildman–Crippen MR) is 70.1 cm³/mol. The van der Waals surface area contributed by atoms with Crippen LogP contribution in [-0.4, -0.2) is 8.42 Å². The van der Waals surface area contributed by atoms with Crippen molar-refractivity contribution in [3.8, 4) is 17.9 Å². The van der Waals surface area contributed by atoms with Crippen LogP contribution < -0.4 is 4.18 Å². The average Bonchev–Trinajstić information content (AvgIpc) is 2.47. The van der Waals surface area contributed by atoms with Gasteiger partial charge in [0.1, 0.15) is 16.7 Å². The van der Waals surface area contributed by atoms with Crippen molar-refractivity contribution >= 4 is 10.1 Å². The number of benzene rings is 2. The van der Waals surface area contributed by atoms with Crippen molar-refractivity contribution in [1.82, 2.24) is 0 Å². The second-order valence-corrected chi connectivity index (χ2v) is 5.30. The maximum Gasteiger partial charge on any atom is 0.340 e. The number of hydrogen-bond donors (Lipinski definition) is 0. The summed E-state index contributed by atoms with van der Waals surface area (Å²) >= 11 is 0. The van der Waals surface area contributed by atoms with Crippen LogP contribution in [0.5, 0.6) is 5.75 Å². The molecule has 0 saturated carbocycles. The van der Waals surface area contributed by atoms with Crippen molar-refractivity contribution in [3.63, 3.8) is 0 Å². The van der Waals surface area contributed by atoms with Gasteiger partial charge in [0, 0.05) is 0 Å². The van der Waals surface area contributed by atoms with E-state index in [2.05, 4.69) is 0 Å². The van der Waals surface area contributed by atoms with Gasteiger partial charge in [0.15, 0.2) is 0 Å². The lowest BCUT2D eigenvalue weighted by Crippen LogP contribution is -2.11. The summed E-state index contributed by atoms with van der Waals surface area (Å²) in [6.45, 7) is 0. The minimum atomic E-state index is -4.11. The Balaban J connectivity index is 2.42. The fourth-order valence-corrected chi connectivity index (χ4v) is 2.64. The average molecular weight is 284 g/mol. The first-order valence-electron chi connectivity index (χ1n) is 5.50. The van der Waals surface area contributed by atoms with E-state index in [9.17, 15) is 8.42 Å². The molecule has 0 atom stereocenters. The van der Waals surface area contributed by atoms with Crippen LogP contribution in [0.3, 0.4) is 0 Å². The number of rotatable bonds is 3. The number of nitriles is 2. The van der Waals surface area contributed by atoms with Crippen LogP contribution in [0.25, 0.3) is 0 Å². The smallest absolute Gasteiger partial charge is 0.340 e. The van der Waals surface area contributed by atoms with Crippen LogP contribution in [0.15, 0.2) is 53.4 Å². The molecule has 0 unspecified atom stereocenters. The Bertz CT molecular complexity index is 830. The molecule has 0 radical (unpaired) electrons. The molecular formula is C14H8N2O3S. The largest absolute Gasteiger partial charge is 0.379 e. The van der Waals surface area contributed by atoms with Crippen LogP contribution in [0.1, 0.15) is 11.1 Å². The van der Waals surface area contributed by atoms with Gasteiger partial charge < -0.3 is 4.18 Å². The standard InChI is InChI=1S/C14H8N2O3S/c15-9-11-4-3-6-13(8-11)19-20(17,18)14-7-2-1-5-12(14)10-16/h1-8H. The highest BCUT2D eigenvalue weighted by atomic mass is 32.2. The lowest BCUT2D eigenvalue weighted by atomic mass is 10.2. The molecule has 0 spiro atoms. The molecule has 0 saturated heterocycles. The van der Waals surface area contributed by atoms with Crippen LogP contribution >= 0.6 is 0 Å². The number of hydrogen-bond acceptors (Lipinski definition) is 5. The Kier molecular flexibility index (Phi) is 3.69. The lowest BCUT2D eigenvalue weighted by Gasteiger charge is -2.08. The van der Waals surface area contributed by atoms with Gasteiger partial charge in [0.2, 0.25) is 0 Å². The number of nitrogens with zero attached hydrogens (tertiary/aromatic N) is 2.